The Morgan fingerprint density at radius 3 is 2.04 bits per heavy atom. The first kappa shape index (κ1) is 21.5. The zero-order chi connectivity index (χ0) is 20.4. The van der Waals surface area contributed by atoms with E-state index in [4.69, 9.17) is 0 Å². The molecule has 0 radical (unpaired) electrons. The maximum atomic E-state index is 12.9. The Morgan fingerprint density at radius 2 is 1.59 bits per heavy atom. The van der Waals surface area contributed by atoms with Crippen molar-refractivity contribution in [1.82, 2.24) is 19.3 Å². The van der Waals surface area contributed by atoms with Gasteiger partial charge in [-0.2, -0.15) is 0 Å². The van der Waals surface area contributed by atoms with Crippen LogP contribution in [-0.4, -0.2) is 76.9 Å². The number of aryl methyl sites for hydroxylation is 1. The Hall–Kier alpha value is -1.82. The summed E-state index contributed by atoms with van der Waals surface area (Å²) in [5, 5.41) is 0. The summed E-state index contributed by atoms with van der Waals surface area (Å²) in [6, 6.07) is 2.13. The fraction of sp³-hybridized carbons (Fsp3) is 0.714. The second-order valence-corrected chi connectivity index (χ2v) is 8.43. The van der Waals surface area contributed by atoms with Gasteiger partial charge in [0.25, 0.3) is 0 Å². The minimum Gasteiger partial charge on any atom is -0.343 e. The number of carbonyl (C=O) groups excluding carboxylic acids is 2. The lowest BCUT2D eigenvalue weighted by Crippen LogP contribution is -2.53. The molecule has 0 bridgehead atoms. The number of hydrogen-bond donors (Lipinski definition) is 0. The van der Waals surface area contributed by atoms with Crippen LogP contribution in [0.15, 0.2) is 6.07 Å². The molecule has 6 nitrogen and oxygen atoms in total. The van der Waals surface area contributed by atoms with Crippen LogP contribution in [0.25, 0.3) is 0 Å². The Balaban J connectivity index is 1.98. The highest BCUT2D eigenvalue weighted by atomic mass is 16.2. The molecule has 2 rings (SSSR count). The molecule has 0 aliphatic carbocycles. The minimum absolute atomic E-state index is 0.0386. The van der Waals surface area contributed by atoms with E-state index in [0.29, 0.717) is 19.6 Å². The molecule has 6 heteroatoms. The van der Waals surface area contributed by atoms with Crippen molar-refractivity contribution in [3.8, 4) is 0 Å². The topological polar surface area (TPSA) is 48.8 Å². The largest absolute Gasteiger partial charge is 0.343 e. The van der Waals surface area contributed by atoms with Crippen LogP contribution in [0.4, 0.5) is 4.79 Å². The van der Waals surface area contributed by atoms with Crippen molar-refractivity contribution in [2.75, 3.05) is 45.8 Å². The predicted octanol–water partition coefficient (Wildman–Crippen LogP) is 3.12. The van der Waals surface area contributed by atoms with E-state index in [1.165, 1.54) is 0 Å². The third kappa shape index (κ3) is 4.72. The molecule has 0 unspecified atom stereocenters. The monoisotopic (exact) mass is 376 g/mol. The van der Waals surface area contributed by atoms with Gasteiger partial charge in [-0.1, -0.05) is 0 Å². The lowest BCUT2D eigenvalue weighted by atomic mass is 10.1. The normalized spacial score (nSPS) is 15.9. The van der Waals surface area contributed by atoms with Gasteiger partial charge in [0.05, 0.1) is 6.54 Å². The summed E-state index contributed by atoms with van der Waals surface area (Å²) in [5.74, 6) is 0.169. The molecule has 1 saturated heterocycles. The standard InChI is InChI=1S/C21H36N4O2/c1-8-23(9-2)20(27)24-12-10-22(11-13-24)15-19(26)18-14-16(3)25(17(18)4)21(5,6)7/h14H,8-13,15H2,1-7H3. The highest BCUT2D eigenvalue weighted by Crippen LogP contribution is 2.25. The average Bonchev–Trinajstić information content (AvgIpc) is 2.91. The molecule has 0 N–H and O–H groups in total. The predicted molar refractivity (Wildman–Crippen MR) is 110 cm³/mol. The number of amides is 2. The summed E-state index contributed by atoms with van der Waals surface area (Å²) in [6.45, 7) is 19.3. The van der Waals surface area contributed by atoms with Gasteiger partial charge in [0.15, 0.2) is 5.78 Å². The molecule has 152 valence electrons. The molecule has 2 heterocycles. The number of Topliss-reactive ketones (excluding diaryl/α,β-unsaturated/α-hetero) is 1. The van der Waals surface area contributed by atoms with Gasteiger partial charge in [-0.05, 0) is 54.5 Å². The van der Waals surface area contributed by atoms with E-state index in [0.717, 1.165) is 43.1 Å². The van der Waals surface area contributed by atoms with Crippen molar-refractivity contribution < 1.29 is 9.59 Å². The summed E-state index contributed by atoms with van der Waals surface area (Å²) < 4.78 is 2.24. The number of hydrogen-bond acceptors (Lipinski definition) is 3. The zero-order valence-electron chi connectivity index (χ0n) is 18.1. The van der Waals surface area contributed by atoms with Gasteiger partial charge in [-0.3, -0.25) is 9.69 Å². The third-order valence-electron chi connectivity index (χ3n) is 5.45. The summed E-state index contributed by atoms with van der Waals surface area (Å²) in [4.78, 5) is 31.3. The Bertz CT molecular complexity index is 675. The SMILES string of the molecule is CCN(CC)C(=O)N1CCN(CC(=O)c2cc(C)n(C(C)(C)C)c2C)CC1. The van der Waals surface area contributed by atoms with Crippen molar-refractivity contribution >= 4 is 11.8 Å². The zero-order valence-corrected chi connectivity index (χ0v) is 18.1. The molecule has 1 aliphatic rings. The van der Waals surface area contributed by atoms with Crippen LogP contribution in [-0.2, 0) is 5.54 Å². The van der Waals surface area contributed by atoms with Crippen molar-refractivity contribution in [2.24, 2.45) is 0 Å². The molecular weight excluding hydrogens is 340 g/mol. The first-order valence-corrected chi connectivity index (χ1v) is 10.1. The number of nitrogens with zero attached hydrogens (tertiary/aromatic N) is 4. The van der Waals surface area contributed by atoms with Gasteiger partial charge in [0, 0.05) is 61.8 Å². The van der Waals surface area contributed by atoms with Crippen LogP contribution >= 0.6 is 0 Å². The summed E-state index contributed by atoms with van der Waals surface area (Å²) in [6.07, 6.45) is 0. The minimum atomic E-state index is -0.0386. The quantitative estimate of drug-likeness (QED) is 0.742. The van der Waals surface area contributed by atoms with Crippen molar-refractivity contribution in [3.63, 3.8) is 0 Å². The Morgan fingerprint density at radius 1 is 1.04 bits per heavy atom. The van der Waals surface area contributed by atoms with Gasteiger partial charge in [0.1, 0.15) is 0 Å². The van der Waals surface area contributed by atoms with Crippen LogP contribution in [0.2, 0.25) is 0 Å². The second-order valence-electron chi connectivity index (χ2n) is 8.43. The average molecular weight is 377 g/mol. The highest BCUT2D eigenvalue weighted by molar-refractivity contribution is 5.99. The van der Waals surface area contributed by atoms with E-state index in [9.17, 15) is 9.59 Å². The second kappa shape index (κ2) is 8.46. The lowest BCUT2D eigenvalue weighted by molar-refractivity contribution is 0.0853. The van der Waals surface area contributed by atoms with E-state index in [-0.39, 0.29) is 17.4 Å². The third-order valence-corrected chi connectivity index (χ3v) is 5.45. The molecule has 27 heavy (non-hydrogen) atoms. The van der Waals surface area contributed by atoms with Gasteiger partial charge >= 0.3 is 6.03 Å². The number of ketones is 1. The number of rotatable bonds is 5. The van der Waals surface area contributed by atoms with E-state index < -0.39 is 0 Å². The summed E-state index contributed by atoms with van der Waals surface area (Å²) in [5.41, 5.74) is 2.95. The molecular formula is C21H36N4O2. The molecule has 0 atom stereocenters. The van der Waals surface area contributed by atoms with Gasteiger partial charge in [-0.15, -0.1) is 0 Å². The van der Waals surface area contributed by atoms with Crippen LogP contribution in [0, 0.1) is 13.8 Å². The lowest BCUT2D eigenvalue weighted by Gasteiger charge is -2.36. The molecule has 0 saturated carbocycles. The van der Waals surface area contributed by atoms with E-state index >= 15 is 0 Å². The number of urea groups is 1. The maximum absolute atomic E-state index is 12.9. The van der Waals surface area contributed by atoms with E-state index in [2.05, 4.69) is 37.2 Å². The number of aromatic nitrogens is 1. The molecule has 1 aromatic heterocycles. The maximum Gasteiger partial charge on any atom is 0.320 e. The van der Waals surface area contributed by atoms with Crippen LogP contribution < -0.4 is 0 Å². The van der Waals surface area contributed by atoms with E-state index in [1.54, 1.807) is 0 Å². The smallest absolute Gasteiger partial charge is 0.320 e. The fourth-order valence-corrected chi connectivity index (χ4v) is 4.16. The number of carbonyl (C=O) groups is 2. The molecule has 1 fully saturated rings. The van der Waals surface area contributed by atoms with Gasteiger partial charge in [0.2, 0.25) is 0 Å². The van der Waals surface area contributed by atoms with E-state index in [1.807, 2.05) is 36.6 Å². The van der Waals surface area contributed by atoms with Crippen molar-refractivity contribution in [3.05, 3.63) is 23.0 Å². The molecule has 1 aliphatic heterocycles. The Kier molecular flexibility index (Phi) is 6.73. The van der Waals surface area contributed by atoms with Crippen LogP contribution in [0.3, 0.4) is 0 Å². The first-order valence-electron chi connectivity index (χ1n) is 10.1. The van der Waals surface area contributed by atoms with Crippen LogP contribution in [0.5, 0.6) is 0 Å². The summed E-state index contributed by atoms with van der Waals surface area (Å²) in [7, 11) is 0. The molecule has 1 aromatic rings. The first-order chi connectivity index (χ1) is 12.6. The van der Waals surface area contributed by atoms with Crippen LogP contribution in [0.1, 0.15) is 56.4 Å². The molecule has 0 aromatic carbocycles. The molecule has 0 spiro atoms. The number of piperazine rings is 1. The van der Waals surface area contributed by atoms with Crippen molar-refractivity contribution in [1.29, 1.82) is 0 Å². The van der Waals surface area contributed by atoms with Gasteiger partial charge < -0.3 is 14.4 Å². The fourth-order valence-electron chi connectivity index (χ4n) is 4.16. The summed E-state index contributed by atoms with van der Waals surface area (Å²) >= 11 is 0. The highest BCUT2D eigenvalue weighted by Gasteiger charge is 2.27. The van der Waals surface area contributed by atoms with Crippen molar-refractivity contribution in [2.45, 2.75) is 54.0 Å². The Labute approximate surface area is 164 Å². The van der Waals surface area contributed by atoms with Gasteiger partial charge in [-0.25, -0.2) is 4.79 Å². The molecule has 2 amide bonds.